The molecule has 6 heteroatoms. The Morgan fingerprint density at radius 2 is 2.12 bits per heavy atom. The molecule has 0 spiro atoms. The first-order valence-corrected chi connectivity index (χ1v) is 4.67. The van der Waals surface area contributed by atoms with Crippen molar-refractivity contribution in [1.82, 2.24) is 0 Å². The van der Waals surface area contributed by atoms with E-state index >= 15 is 0 Å². The lowest BCUT2D eigenvalue weighted by atomic mass is 10.3. The van der Waals surface area contributed by atoms with Gasteiger partial charge in [-0.15, -0.1) is 0 Å². The van der Waals surface area contributed by atoms with Crippen LogP contribution in [0.25, 0.3) is 0 Å². The highest BCUT2D eigenvalue weighted by atomic mass is 19.3. The number of nitrogens with one attached hydrogen (secondary N) is 1. The fraction of sp³-hybridized carbons (Fsp3) is 0.300. The molecule has 88 valence electrons. The summed E-state index contributed by atoms with van der Waals surface area (Å²) in [6.45, 7) is -2.73. The van der Waals surface area contributed by atoms with Crippen LogP contribution in [-0.4, -0.2) is 19.1 Å². The molecule has 0 aromatic heterocycles. The third-order valence-corrected chi connectivity index (χ3v) is 1.75. The van der Waals surface area contributed by atoms with Crippen LogP contribution in [0, 0.1) is 0 Å². The second-order valence-corrected chi connectivity index (χ2v) is 2.96. The molecule has 0 heterocycles. The molecule has 0 bridgehead atoms. The number of rotatable bonds is 5. The Kier molecular flexibility index (Phi) is 4.65. The molecule has 0 unspecified atom stereocenters. The first-order chi connectivity index (χ1) is 7.63. The van der Waals surface area contributed by atoms with Crippen LogP contribution in [0.3, 0.4) is 0 Å². The van der Waals surface area contributed by atoms with Crippen LogP contribution in [-0.2, 0) is 4.79 Å². The Morgan fingerprint density at radius 1 is 1.44 bits per heavy atom. The normalized spacial score (nSPS) is 10.2. The maximum atomic E-state index is 12.0. The summed E-state index contributed by atoms with van der Waals surface area (Å²) in [5, 5.41) is 2.44. The van der Waals surface area contributed by atoms with Gasteiger partial charge in [0.15, 0.2) is 0 Å². The molecular weight excluding hydrogens is 218 g/mol. The highest BCUT2D eigenvalue weighted by molar-refractivity contribution is 5.92. The summed E-state index contributed by atoms with van der Waals surface area (Å²) in [5.41, 5.74) is 5.40. The van der Waals surface area contributed by atoms with Crippen molar-refractivity contribution >= 4 is 11.6 Å². The molecule has 16 heavy (non-hydrogen) atoms. The maximum Gasteiger partial charge on any atom is 0.387 e. The van der Waals surface area contributed by atoms with Gasteiger partial charge in [0.25, 0.3) is 0 Å². The van der Waals surface area contributed by atoms with E-state index in [1.165, 1.54) is 18.2 Å². The van der Waals surface area contributed by atoms with Crippen LogP contribution >= 0.6 is 0 Å². The standard InChI is InChI=1S/C10H12F2N2O2/c11-10(12)16-8-4-2-1-3-7(8)14-9(15)5-6-13/h1-4,10H,5-6,13H2,(H,14,15). The van der Waals surface area contributed by atoms with Crippen molar-refractivity contribution in [2.75, 3.05) is 11.9 Å². The summed E-state index contributed by atoms with van der Waals surface area (Å²) in [7, 11) is 0. The minimum Gasteiger partial charge on any atom is -0.433 e. The number of carbonyl (C=O) groups is 1. The lowest BCUT2D eigenvalue weighted by Crippen LogP contribution is -2.17. The number of alkyl halides is 2. The lowest BCUT2D eigenvalue weighted by Gasteiger charge is -2.11. The molecule has 0 fully saturated rings. The molecule has 1 aromatic carbocycles. The summed E-state index contributed by atoms with van der Waals surface area (Å²) >= 11 is 0. The van der Waals surface area contributed by atoms with Crippen LogP contribution in [0.4, 0.5) is 14.5 Å². The predicted octanol–water partition coefficient (Wildman–Crippen LogP) is 1.58. The smallest absolute Gasteiger partial charge is 0.387 e. The SMILES string of the molecule is NCCC(=O)Nc1ccccc1OC(F)F. The molecule has 3 N–H and O–H groups in total. The number of ether oxygens (including phenoxy) is 1. The van der Waals surface area contributed by atoms with Gasteiger partial charge in [-0.1, -0.05) is 12.1 Å². The second kappa shape index (κ2) is 6.02. The summed E-state index contributed by atoms with van der Waals surface area (Å²) < 4.78 is 28.3. The summed E-state index contributed by atoms with van der Waals surface area (Å²) in [5.74, 6) is -0.407. The Balaban J connectivity index is 2.74. The Hall–Kier alpha value is -1.69. The van der Waals surface area contributed by atoms with Crippen LogP contribution in [0.1, 0.15) is 6.42 Å². The number of anilines is 1. The molecule has 0 radical (unpaired) electrons. The summed E-state index contributed by atoms with van der Waals surface area (Å²) in [6.07, 6.45) is 0.128. The van der Waals surface area contributed by atoms with Gasteiger partial charge in [-0.2, -0.15) is 8.78 Å². The fourth-order valence-electron chi connectivity index (χ4n) is 1.11. The van der Waals surface area contributed by atoms with Crippen molar-refractivity contribution < 1.29 is 18.3 Å². The number of halogens is 2. The number of para-hydroxylation sites is 2. The summed E-state index contributed by atoms with van der Waals surface area (Å²) in [6, 6.07) is 5.98. The van der Waals surface area contributed by atoms with E-state index in [9.17, 15) is 13.6 Å². The van der Waals surface area contributed by atoms with Gasteiger partial charge in [0.1, 0.15) is 5.75 Å². The molecule has 0 aliphatic rings. The zero-order valence-electron chi connectivity index (χ0n) is 8.45. The van der Waals surface area contributed by atoms with Gasteiger partial charge < -0.3 is 15.8 Å². The van der Waals surface area contributed by atoms with Gasteiger partial charge in [-0.05, 0) is 12.1 Å². The molecular formula is C10H12F2N2O2. The fourth-order valence-corrected chi connectivity index (χ4v) is 1.11. The van der Waals surface area contributed by atoms with Crippen LogP contribution in [0.2, 0.25) is 0 Å². The highest BCUT2D eigenvalue weighted by Crippen LogP contribution is 2.25. The Labute approximate surface area is 91.4 Å². The van der Waals surface area contributed by atoms with E-state index in [4.69, 9.17) is 5.73 Å². The molecule has 0 saturated carbocycles. The number of hydrogen-bond donors (Lipinski definition) is 2. The zero-order chi connectivity index (χ0) is 12.0. The molecule has 0 aliphatic carbocycles. The highest BCUT2D eigenvalue weighted by Gasteiger charge is 2.10. The number of nitrogens with two attached hydrogens (primary N) is 1. The van der Waals surface area contributed by atoms with E-state index in [2.05, 4.69) is 10.1 Å². The van der Waals surface area contributed by atoms with Crippen molar-refractivity contribution in [3.8, 4) is 5.75 Å². The van der Waals surface area contributed by atoms with E-state index in [0.717, 1.165) is 0 Å². The van der Waals surface area contributed by atoms with Gasteiger partial charge in [0.05, 0.1) is 5.69 Å². The van der Waals surface area contributed by atoms with Crippen molar-refractivity contribution in [1.29, 1.82) is 0 Å². The molecule has 1 aromatic rings. The van der Waals surface area contributed by atoms with Crippen molar-refractivity contribution in [3.63, 3.8) is 0 Å². The van der Waals surface area contributed by atoms with Crippen molar-refractivity contribution in [2.24, 2.45) is 5.73 Å². The first kappa shape index (κ1) is 12.4. The largest absolute Gasteiger partial charge is 0.433 e. The molecule has 0 atom stereocenters. The van der Waals surface area contributed by atoms with Gasteiger partial charge in [0.2, 0.25) is 5.91 Å². The van der Waals surface area contributed by atoms with Crippen molar-refractivity contribution in [2.45, 2.75) is 13.0 Å². The van der Waals surface area contributed by atoms with Crippen LogP contribution < -0.4 is 15.8 Å². The maximum absolute atomic E-state index is 12.0. The van der Waals surface area contributed by atoms with Crippen LogP contribution in [0.5, 0.6) is 5.75 Å². The summed E-state index contributed by atoms with van der Waals surface area (Å²) in [4.78, 5) is 11.2. The third kappa shape index (κ3) is 3.82. The Bertz CT molecular complexity index is 358. The van der Waals surface area contributed by atoms with E-state index in [1.807, 2.05) is 0 Å². The number of hydrogen-bond acceptors (Lipinski definition) is 3. The number of amides is 1. The van der Waals surface area contributed by atoms with Crippen LogP contribution in [0.15, 0.2) is 24.3 Å². The van der Waals surface area contributed by atoms with Crippen molar-refractivity contribution in [3.05, 3.63) is 24.3 Å². The molecule has 0 saturated heterocycles. The quantitative estimate of drug-likeness (QED) is 0.807. The minimum absolute atomic E-state index is 0.0668. The zero-order valence-corrected chi connectivity index (χ0v) is 8.45. The van der Waals surface area contributed by atoms with Gasteiger partial charge in [0, 0.05) is 13.0 Å². The topological polar surface area (TPSA) is 64.4 Å². The molecule has 1 amide bonds. The lowest BCUT2D eigenvalue weighted by molar-refractivity contribution is -0.116. The monoisotopic (exact) mass is 230 g/mol. The van der Waals surface area contributed by atoms with E-state index in [-0.39, 0.29) is 30.3 Å². The average molecular weight is 230 g/mol. The average Bonchev–Trinajstić information content (AvgIpc) is 2.20. The van der Waals surface area contributed by atoms with Gasteiger partial charge in [-0.25, -0.2) is 0 Å². The second-order valence-electron chi connectivity index (χ2n) is 2.96. The van der Waals surface area contributed by atoms with Gasteiger partial charge in [-0.3, -0.25) is 4.79 Å². The Morgan fingerprint density at radius 3 is 2.75 bits per heavy atom. The molecule has 1 rings (SSSR count). The van der Waals surface area contributed by atoms with E-state index < -0.39 is 6.61 Å². The predicted molar refractivity (Wildman–Crippen MR) is 55.4 cm³/mol. The third-order valence-electron chi connectivity index (χ3n) is 1.75. The number of carbonyl (C=O) groups excluding carboxylic acids is 1. The number of benzene rings is 1. The first-order valence-electron chi connectivity index (χ1n) is 4.67. The van der Waals surface area contributed by atoms with E-state index in [0.29, 0.717) is 0 Å². The van der Waals surface area contributed by atoms with E-state index in [1.54, 1.807) is 6.07 Å². The molecule has 0 aliphatic heterocycles. The molecule has 4 nitrogen and oxygen atoms in total. The van der Waals surface area contributed by atoms with Gasteiger partial charge >= 0.3 is 6.61 Å². The minimum atomic E-state index is -2.92.